The number of nitrogens with one attached hydrogen (secondary N) is 1. The molecule has 0 saturated carbocycles. The van der Waals surface area contributed by atoms with Gasteiger partial charge in [0.05, 0.1) is 13.2 Å². The molecule has 1 aromatic carbocycles. The number of halogens is 1. The zero-order valence-electron chi connectivity index (χ0n) is 12.4. The van der Waals surface area contributed by atoms with Crippen LogP contribution in [-0.2, 0) is 4.74 Å². The van der Waals surface area contributed by atoms with Crippen LogP contribution < -0.4 is 17.7 Å². The van der Waals surface area contributed by atoms with Crippen LogP contribution in [0.2, 0.25) is 0 Å². The third-order valence-corrected chi connectivity index (χ3v) is 3.69. The number of hydrogen-bond donors (Lipinski definition) is 1. The standard InChI is InChI=1S/C16H20N2O3.ClH/c19-16(15-12-13-4-1-2-5-14(13)21-15)17-6-3-7-18-8-10-20-11-9-18;/h1-2,4-5,12H,3,6-11H2,(H,17,19);1H/p-1. The van der Waals surface area contributed by atoms with Gasteiger partial charge in [0, 0.05) is 25.0 Å². The maximum absolute atomic E-state index is 12.0. The van der Waals surface area contributed by atoms with Crippen LogP contribution in [-0.4, -0.2) is 50.2 Å². The maximum Gasteiger partial charge on any atom is 0.287 e. The highest BCUT2D eigenvalue weighted by Gasteiger charge is 2.12. The Morgan fingerprint density at radius 3 is 2.77 bits per heavy atom. The molecule has 0 aliphatic carbocycles. The predicted octanol–water partition coefficient (Wildman–Crippen LogP) is -1.11. The van der Waals surface area contributed by atoms with E-state index in [9.17, 15) is 4.79 Å². The van der Waals surface area contributed by atoms with Crippen LogP contribution in [0.5, 0.6) is 0 Å². The van der Waals surface area contributed by atoms with Crippen LogP contribution in [0.15, 0.2) is 34.7 Å². The van der Waals surface area contributed by atoms with Gasteiger partial charge in [-0.05, 0) is 25.1 Å². The molecule has 1 N–H and O–H groups in total. The van der Waals surface area contributed by atoms with E-state index in [1.165, 1.54) is 0 Å². The van der Waals surface area contributed by atoms with Gasteiger partial charge in [-0.2, -0.15) is 0 Å². The van der Waals surface area contributed by atoms with Crippen LogP contribution in [0.3, 0.4) is 0 Å². The van der Waals surface area contributed by atoms with Crippen LogP contribution in [0.1, 0.15) is 17.0 Å². The van der Waals surface area contributed by atoms with Crippen molar-refractivity contribution in [3.63, 3.8) is 0 Å². The molecule has 1 aliphatic rings. The molecule has 3 rings (SSSR count). The summed E-state index contributed by atoms with van der Waals surface area (Å²) in [6.45, 7) is 5.24. The molecule has 1 aromatic heterocycles. The minimum absolute atomic E-state index is 0. The Morgan fingerprint density at radius 2 is 2.00 bits per heavy atom. The van der Waals surface area contributed by atoms with Gasteiger partial charge in [0.15, 0.2) is 5.76 Å². The minimum Gasteiger partial charge on any atom is -1.00 e. The normalized spacial score (nSPS) is 15.5. The lowest BCUT2D eigenvalue weighted by atomic mass is 10.2. The largest absolute Gasteiger partial charge is 1.00 e. The third-order valence-electron chi connectivity index (χ3n) is 3.69. The van der Waals surface area contributed by atoms with Crippen LogP contribution in [0, 0.1) is 0 Å². The van der Waals surface area contributed by atoms with E-state index in [2.05, 4.69) is 10.2 Å². The van der Waals surface area contributed by atoms with Gasteiger partial charge in [-0.15, -0.1) is 0 Å². The summed E-state index contributed by atoms with van der Waals surface area (Å²) in [5, 5.41) is 3.86. The summed E-state index contributed by atoms with van der Waals surface area (Å²) in [4.78, 5) is 14.4. The summed E-state index contributed by atoms with van der Waals surface area (Å²) < 4.78 is 10.8. The van der Waals surface area contributed by atoms with Gasteiger partial charge in [0.1, 0.15) is 5.58 Å². The molecule has 2 aromatic rings. The zero-order valence-corrected chi connectivity index (χ0v) is 13.1. The molecule has 0 spiro atoms. The zero-order chi connectivity index (χ0) is 14.5. The number of amides is 1. The molecule has 0 radical (unpaired) electrons. The number of nitrogens with zero attached hydrogens (tertiary/aromatic N) is 1. The lowest BCUT2D eigenvalue weighted by Gasteiger charge is -2.26. The highest BCUT2D eigenvalue weighted by molar-refractivity contribution is 5.95. The lowest BCUT2D eigenvalue weighted by molar-refractivity contribution is -0.0000139. The van der Waals surface area contributed by atoms with Crippen LogP contribution >= 0.6 is 0 Å². The van der Waals surface area contributed by atoms with Crippen LogP contribution in [0.4, 0.5) is 0 Å². The van der Waals surface area contributed by atoms with Crippen molar-refractivity contribution in [3.05, 3.63) is 36.1 Å². The van der Waals surface area contributed by atoms with Crippen molar-refractivity contribution in [1.82, 2.24) is 10.2 Å². The number of rotatable bonds is 5. The van der Waals surface area contributed by atoms with E-state index in [1.807, 2.05) is 24.3 Å². The fraction of sp³-hybridized carbons (Fsp3) is 0.438. The van der Waals surface area contributed by atoms with Gasteiger partial charge in [-0.3, -0.25) is 9.69 Å². The second-order valence-corrected chi connectivity index (χ2v) is 5.21. The fourth-order valence-electron chi connectivity index (χ4n) is 2.51. The van der Waals surface area contributed by atoms with E-state index in [0.29, 0.717) is 12.3 Å². The van der Waals surface area contributed by atoms with E-state index in [-0.39, 0.29) is 18.3 Å². The van der Waals surface area contributed by atoms with Crippen molar-refractivity contribution in [2.45, 2.75) is 6.42 Å². The fourth-order valence-corrected chi connectivity index (χ4v) is 2.51. The summed E-state index contributed by atoms with van der Waals surface area (Å²) in [5.41, 5.74) is 0.746. The third kappa shape index (κ3) is 4.22. The molecule has 0 unspecified atom stereocenters. The summed E-state index contributed by atoms with van der Waals surface area (Å²) in [6.07, 6.45) is 0.936. The minimum atomic E-state index is -0.145. The molecule has 1 aliphatic heterocycles. The Morgan fingerprint density at radius 1 is 1.23 bits per heavy atom. The topological polar surface area (TPSA) is 54.7 Å². The number of hydrogen-bond acceptors (Lipinski definition) is 4. The predicted molar refractivity (Wildman–Crippen MR) is 80.4 cm³/mol. The van der Waals surface area contributed by atoms with Crippen molar-refractivity contribution in [2.75, 3.05) is 39.4 Å². The number of fused-ring (bicyclic) bond motifs is 1. The van der Waals surface area contributed by atoms with Crippen molar-refractivity contribution in [1.29, 1.82) is 0 Å². The van der Waals surface area contributed by atoms with E-state index in [1.54, 1.807) is 6.07 Å². The monoisotopic (exact) mass is 323 g/mol. The smallest absolute Gasteiger partial charge is 0.287 e. The Bertz CT molecular complexity index is 575. The second kappa shape index (κ2) is 8.17. The molecule has 1 fully saturated rings. The number of para-hydroxylation sites is 1. The first-order valence-corrected chi connectivity index (χ1v) is 7.40. The van der Waals surface area contributed by atoms with Crippen molar-refractivity contribution >= 4 is 16.9 Å². The van der Waals surface area contributed by atoms with Crippen molar-refractivity contribution in [3.8, 4) is 0 Å². The maximum atomic E-state index is 12.0. The van der Waals surface area contributed by atoms with Gasteiger partial charge >= 0.3 is 0 Å². The summed E-state index contributed by atoms with van der Waals surface area (Å²) >= 11 is 0. The lowest BCUT2D eigenvalue weighted by Crippen LogP contribution is -3.00. The first-order chi connectivity index (χ1) is 10.3. The van der Waals surface area contributed by atoms with E-state index in [0.717, 1.165) is 50.2 Å². The summed E-state index contributed by atoms with van der Waals surface area (Å²) in [7, 11) is 0. The summed E-state index contributed by atoms with van der Waals surface area (Å²) in [5.74, 6) is 0.232. The first kappa shape index (κ1) is 16.8. The van der Waals surface area contributed by atoms with Gasteiger partial charge in [-0.25, -0.2) is 0 Å². The SMILES string of the molecule is O=C(NCCCN1CCOCC1)c1cc2ccccc2o1.[Cl-]. The van der Waals surface area contributed by atoms with Gasteiger partial charge in [0.25, 0.3) is 5.91 Å². The number of carbonyl (C=O) groups excluding carboxylic acids is 1. The van der Waals surface area contributed by atoms with Gasteiger partial charge < -0.3 is 26.9 Å². The van der Waals surface area contributed by atoms with E-state index >= 15 is 0 Å². The molecular formula is C16H20ClN2O3-. The molecule has 22 heavy (non-hydrogen) atoms. The Labute approximate surface area is 136 Å². The highest BCUT2D eigenvalue weighted by atomic mass is 35.5. The van der Waals surface area contributed by atoms with Crippen molar-refractivity contribution in [2.24, 2.45) is 0 Å². The number of furan rings is 1. The highest BCUT2D eigenvalue weighted by Crippen LogP contribution is 2.18. The molecule has 0 atom stereocenters. The Hall–Kier alpha value is -1.56. The molecular weight excluding hydrogens is 304 g/mol. The molecule has 6 heteroatoms. The van der Waals surface area contributed by atoms with E-state index < -0.39 is 0 Å². The Balaban J connectivity index is 0.00000176. The molecule has 120 valence electrons. The number of morpholine rings is 1. The average Bonchev–Trinajstić information content (AvgIpc) is 2.96. The number of ether oxygens (including phenoxy) is 1. The number of benzene rings is 1. The molecule has 0 bridgehead atoms. The molecule has 2 heterocycles. The van der Waals surface area contributed by atoms with E-state index in [4.69, 9.17) is 9.15 Å². The quantitative estimate of drug-likeness (QED) is 0.709. The first-order valence-electron chi connectivity index (χ1n) is 7.40. The van der Waals surface area contributed by atoms with Crippen LogP contribution in [0.25, 0.3) is 11.0 Å². The van der Waals surface area contributed by atoms with Crippen molar-refractivity contribution < 1.29 is 26.4 Å². The molecule has 1 saturated heterocycles. The molecule has 5 nitrogen and oxygen atoms in total. The number of carbonyl (C=O) groups is 1. The second-order valence-electron chi connectivity index (χ2n) is 5.21. The van der Waals surface area contributed by atoms with Gasteiger partial charge in [0.2, 0.25) is 0 Å². The molecule has 1 amide bonds. The average molecular weight is 324 g/mol. The van der Waals surface area contributed by atoms with Gasteiger partial charge in [-0.1, -0.05) is 18.2 Å². The Kier molecular flexibility index (Phi) is 6.24. The summed E-state index contributed by atoms with van der Waals surface area (Å²) in [6, 6.07) is 9.42.